The molecule has 0 bridgehead atoms. The van der Waals surface area contributed by atoms with E-state index in [1.807, 2.05) is 12.2 Å². The van der Waals surface area contributed by atoms with Gasteiger partial charge in [0, 0.05) is 12.8 Å². The molecule has 0 aromatic rings. The first-order valence-electron chi connectivity index (χ1n) is 21.9. The van der Waals surface area contributed by atoms with Crippen LogP contribution in [0.3, 0.4) is 0 Å². The van der Waals surface area contributed by atoms with Gasteiger partial charge in [0.2, 0.25) is 0 Å². The lowest BCUT2D eigenvalue weighted by molar-refractivity contribution is -0.161. The second-order valence-corrected chi connectivity index (χ2v) is 16.2. The lowest BCUT2D eigenvalue weighted by atomic mass is 10.0. The molecule has 322 valence electrons. The zero-order valence-electron chi connectivity index (χ0n) is 34.8. The fourth-order valence-corrected chi connectivity index (χ4v) is 6.54. The third-order valence-electron chi connectivity index (χ3n) is 9.61. The second-order valence-electron chi connectivity index (χ2n) is 15.0. The van der Waals surface area contributed by atoms with Crippen molar-refractivity contribution < 1.29 is 48.2 Å². The van der Waals surface area contributed by atoms with Crippen LogP contribution < -0.4 is 0 Å². The molecule has 10 nitrogen and oxygen atoms in total. The number of hydrogen-bond donors (Lipinski definition) is 4. The van der Waals surface area contributed by atoms with Gasteiger partial charge in [-0.3, -0.25) is 14.1 Å². The van der Waals surface area contributed by atoms with Crippen LogP contribution in [0.4, 0.5) is 0 Å². The third kappa shape index (κ3) is 40.2. The first kappa shape index (κ1) is 53.2. The van der Waals surface area contributed by atoms with Crippen molar-refractivity contribution >= 4 is 19.8 Å². The maximum atomic E-state index is 12.4. The molecule has 0 spiro atoms. The van der Waals surface area contributed by atoms with Crippen molar-refractivity contribution in [1.82, 2.24) is 0 Å². The van der Waals surface area contributed by atoms with Crippen LogP contribution in [0.5, 0.6) is 0 Å². The molecule has 0 radical (unpaired) electrons. The maximum Gasteiger partial charge on any atom is 0.469 e. The smallest absolute Gasteiger partial charge is 0.462 e. The number of phosphoric ester groups is 1. The molecule has 11 heteroatoms. The predicted octanol–water partition coefficient (Wildman–Crippen LogP) is 11.3. The third-order valence-corrected chi connectivity index (χ3v) is 10.1. The Bertz CT molecular complexity index is 1020. The molecule has 0 heterocycles. The van der Waals surface area contributed by atoms with Gasteiger partial charge < -0.3 is 29.5 Å². The van der Waals surface area contributed by atoms with Gasteiger partial charge in [0.1, 0.15) is 6.61 Å². The van der Waals surface area contributed by atoms with Gasteiger partial charge in [0.25, 0.3) is 0 Å². The minimum absolute atomic E-state index is 0.0449. The number of phosphoric acid groups is 1. The highest BCUT2D eigenvalue weighted by Crippen LogP contribution is 2.36. The van der Waals surface area contributed by atoms with E-state index in [2.05, 4.69) is 42.7 Å². The summed E-state index contributed by atoms with van der Waals surface area (Å²) in [7, 11) is -4.82. The Morgan fingerprint density at radius 3 is 1.53 bits per heavy atom. The topological polar surface area (TPSA) is 160 Å². The van der Waals surface area contributed by atoms with Crippen LogP contribution in [-0.2, 0) is 28.2 Å². The van der Waals surface area contributed by atoms with E-state index >= 15 is 0 Å². The molecule has 0 saturated heterocycles. The van der Waals surface area contributed by atoms with Gasteiger partial charge in [-0.25, -0.2) is 4.57 Å². The first-order chi connectivity index (χ1) is 26.6. The van der Waals surface area contributed by atoms with Crippen LogP contribution in [0.15, 0.2) is 36.5 Å². The summed E-state index contributed by atoms with van der Waals surface area (Å²) in [6.45, 7) is 3.42. The molecule has 0 aliphatic heterocycles. The van der Waals surface area contributed by atoms with E-state index in [0.717, 1.165) is 38.5 Å². The number of carbonyl (C=O) groups is 2. The Morgan fingerprint density at radius 1 is 0.545 bits per heavy atom. The van der Waals surface area contributed by atoms with Gasteiger partial charge >= 0.3 is 19.8 Å². The first-order valence-corrected chi connectivity index (χ1v) is 23.5. The number of unbranched alkanes of at least 4 members (excludes halogenated alkanes) is 20. The van der Waals surface area contributed by atoms with Gasteiger partial charge in [0.15, 0.2) is 6.10 Å². The van der Waals surface area contributed by atoms with Gasteiger partial charge in [-0.15, -0.1) is 0 Å². The number of esters is 2. The van der Waals surface area contributed by atoms with E-state index in [4.69, 9.17) is 19.3 Å². The Morgan fingerprint density at radius 2 is 1.00 bits per heavy atom. The highest BCUT2D eigenvalue weighted by molar-refractivity contribution is 7.46. The van der Waals surface area contributed by atoms with Crippen molar-refractivity contribution in [2.75, 3.05) is 13.2 Å². The van der Waals surface area contributed by atoms with Crippen LogP contribution >= 0.6 is 7.82 Å². The summed E-state index contributed by atoms with van der Waals surface area (Å²) >= 11 is 0. The zero-order chi connectivity index (χ0) is 40.7. The van der Waals surface area contributed by atoms with Crippen LogP contribution in [0.25, 0.3) is 0 Å². The van der Waals surface area contributed by atoms with E-state index in [1.165, 1.54) is 109 Å². The molecule has 0 aliphatic rings. The molecule has 3 atom stereocenters. The van der Waals surface area contributed by atoms with Crippen LogP contribution in [0, 0.1) is 0 Å². The summed E-state index contributed by atoms with van der Waals surface area (Å²) in [5.41, 5.74) is 0. The Kier molecular flexibility index (Phi) is 37.8. The number of hydrogen-bond acceptors (Lipinski definition) is 8. The summed E-state index contributed by atoms with van der Waals surface area (Å²) in [5, 5.41) is 20.5. The monoisotopic (exact) mass is 801 g/mol. The normalized spacial score (nSPS) is 13.9. The molecule has 55 heavy (non-hydrogen) atoms. The van der Waals surface area contributed by atoms with E-state index in [9.17, 15) is 24.4 Å². The fraction of sp³-hybridized carbons (Fsp3) is 0.818. The predicted molar refractivity (Wildman–Crippen MR) is 224 cm³/mol. The zero-order valence-corrected chi connectivity index (χ0v) is 35.7. The molecule has 0 aromatic carbocycles. The number of aliphatic hydroxyl groups is 2. The molecule has 4 N–H and O–H groups in total. The van der Waals surface area contributed by atoms with E-state index in [-0.39, 0.29) is 25.7 Å². The van der Waals surface area contributed by atoms with E-state index < -0.39 is 51.3 Å². The summed E-state index contributed by atoms with van der Waals surface area (Å²) < 4.78 is 26.3. The summed E-state index contributed by atoms with van der Waals surface area (Å²) in [5.74, 6) is -1.16. The molecule has 0 aliphatic carbocycles. The minimum atomic E-state index is -4.82. The summed E-state index contributed by atoms with van der Waals surface area (Å²) in [6, 6.07) is 0. The van der Waals surface area contributed by atoms with Gasteiger partial charge in [0.05, 0.1) is 18.8 Å². The van der Waals surface area contributed by atoms with E-state index in [1.54, 1.807) is 0 Å². The van der Waals surface area contributed by atoms with Crippen LogP contribution in [0.2, 0.25) is 0 Å². The highest BCUT2D eigenvalue weighted by Gasteiger charge is 2.23. The van der Waals surface area contributed by atoms with Crippen LogP contribution in [-0.4, -0.2) is 63.5 Å². The molecular weight excluding hydrogens is 719 g/mol. The van der Waals surface area contributed by atoms with Crippen molar-refractivity contribution in [2.24, 2.45) is 0 Å². The van der Waals surface area contributed by atoms with Crippen molar-refractivity contribution in [3.8, 4) is 0 Å². The molecular formula is C44H81O10P. The molecule has 2 unspecified atom stereocenters. The molecule has 0 aromatic heterocycles. The average Bonchev–Trinajstić information content (AvgIpc) is 3.15. The SMILES string of the molecule is CCCCC/C=C\C/C=C\C/C=C\CC(O)C(O)CCCC(=O)OC[C@H](COP(=O)(O)O)OC(=O)CCCCCCCCCCCCCCCCCCCC. The Hall–Kier alpha value is -1.81. The highest BCUT2D eigenvalue weighted by atomic mass is 31.2. The number of rotatable bonds is 40. The number of allylic oxidation sites excluding steroid dienone is 5. The largest absolute Gasteiger partial charge is 0.469 e. The number of aliphatic hydroxyl groups excluding tert-OH is 2. The summed E-state index contributed by atoms with van der Waals surface area (Å²) in [6.07, 6.45) is 39.0. The second kappa shape index (κ2) is 39.0. The lowest BCUT2D eigenvalue weighted by Gasteiger charge is -2.19. The molecule has 0 saturated carbocycles. The van der Waals surface area contributed by atoms with Crippen LogP contribution in [0.1, 0.15) is 200 Å². The average molecular weight is 801 g/mol. The number of ether oxygens (including phenoxy) is 2. The van der Waals surface area contributed by atoms with Gasteiger partial charge in [-0.2, -0.15) is 0 Å². The standard InChI is InChI=1S/C44H81O10P/c1-3-5-7-9-11-13-15-17-18-19-20-21-22-24-26-28-30-32-36-44(48)54-40(39-53-55(49,50)51)38-52-43(47)37-33-35-42(46)41(45)34-31-29-27-25-23-16-14-12-10-8-6-4-2/h12,14,23,25,29,31,40-42,45-46H,3-11,13,15-22,24,26-28,30,32-39H2,1-2H3,(H2,49,50,51)/b14-12-,25-23-,31-29-/t40-,41?,42?/m1/s1. The van der Waals surface area contributed by atoms with Gasteiger partial charge in [-0.1, -0.05) is 172 Å². The van der Waals surface area contributed by atoms with E-state index in [0.29, 0.717) is 12.8 Å². The molecule has 0 fully saturated rings. The quantitative estimate of drug-likeness (QED) is 0.0203. The Balaban J connectivity index is 4.11. The molecule has 0 rings (SSSR count). The van der Waals surface area contributed by atoms with Crippen molar-refractivity contribution in [3.05, 3.63) is 36.5 Å². The lowest BCUT2D eigenvalue weighted by Crippen LogP contribution is -2.29. The van der Waals surface area contributed by atoms with Crippen molar-refractivity contribution in [1.29, 1.82) is 0 Å². The van der Waals surface area contributed by atoms with Crippen molar-refractivity contribution in [3.63, 3.8) is 0 Å². The molecule has 0 amide bonds. The van der Waals surface area contributed by atoms with Gasteiger partial charge in [-0.05, 0) is 51.4 Å². The minimum Gasteiger partial charge on any atom is -0.462 e. The number of carbonyl (C=O) groups excluding carboxylic acids is 2. The van der Waals surface area contributed by atoms with Crippen molar-refractivity contribution in [2.45, 2.75) is 218 Å². The fourth-order valence-electron chi connectivity index (χ4n) is 6.18. The Labute approximate surface area is 335 Å². The maximum absolute atomic E-state index is 12.4. The summed E-state index contributed by atoms with van der Waals surface area (Å²) in [4.78, 5) is 42.9.